The Morgan fingerprint density at radius 2 is 1.40 bits per heavy atom. The molecule has 0 heterocycles. The maximum absolute atomic E-state index is 12.5. The summed E-state index contributed by atoms with van der Waals surface area (Å²) < 4.78 is 33.0. The highest BCUT2D eigenvalue weighted by Crippen LogP contribution is 2.20. The molecule has 3 rings (SSSR count). The van der Waals surface area contributed by atoms with E-state index in [-0.39, 0.29) is 16.9 Å². The second kappa shape index (κ2) is 9.00. The van der Waals surface area contributed by atoms with Crippen LogP contribution in [0.5, 0.6) is 5.75 Å². The van der Waals surface area contributed by atoms with E-state index in [1.807, 2.05) is 20.8 Å². The summed E-state index contributed by atoms with van der Waals surface area (Å²) in [6, 6.07) is 20.0. The molecule has 0 saturated carbocycles. The SMILES string of the molecule is Cc1ccc(S(=O)(=O)Nc2ccc(NC(=O)c3ccc(OC(C)C)cc3)cc2)cc1. The number of nitrogens with one attached hydrogen (secondary N) is 2. The molecule has 3 aromatic rings. The van der Waals surface area contributed by atoms with Gasteiger partial charge in [-0.2, -0.15) is 0 Å². The first kappa shape index (κ1) is 21.4. The van der Waals surface area contributed by atoms with Gasteiger partial charge in [0.05, 0.1) is 11.0 Å². The zero-order valence-electron chi connectivity index (χ0n) is 17.0. The second-order valence-corrected chi connectivity index (χ2v) is 8.82. The predicted octanol–water partition coefficient (Wildman–Crippen LogP) is 4.84. The van der Waals surface area contributed by atoms with Gasteiger partial charge >= 0.3 is 0 Å². The Labute approximate surface area is 177 Å². The van der Waals surface area contributed by atoms with Crippen LogP contribution in [0, 0.1) is 6.92 Å². The highest BCUT2D eigenvalue weighted by Gasteiger charge is 2.14. The number of aryl methyl sites for hydroxylation is 1. The van der Waals surface area contributed by atoms with Crippen LogP contribution < -0.4 is 14.8 Å². The van der Waals surface area contributed by atoms with Gasteiger partial charge in [-0.15, -0.1) is 0 Å². The number of sulfonamides is 1. The molecule has 0 aromatic heterocycles. The molecule has 0 atom stereocenters. The lowest BCUT2D eigenvalue weighted by Gasteiger charge is -2.11. The number of rotatable bonds is 7. The molecule has 6 nitrogen and oxygen atoms in total. The number of ether oxygens (including phenoxy) is 1. The van der Waals surface area contributed by atoms with Crippen LogP contribution in [0.2, 0.25) is 0 Å². The second-order valence-electron chi connectivity index (χ2n) is 7.14. The summed E-state index contributed by atoms with van der Waals surface area (Å²) in [4.78, 5) is 12.6. The Morgan fingerprint density at radius 3 is 1.97 bits per heavy atom. The van der Waals surface area contributed by atoms with E-state index in [2.05, 4.69) is 10.0 Å². The van der Waals surface area contributed by atoms with E-state index in [4.69, 9.17) is 4.74 Å². The molecule has 0 aliphatic carbocycles. The third-order valence-corrected chi connectivity index (χ3v) is 5.61. The summed E-state index contributed by atoms with van der Waals surface area (Å²) in [7, 11) is -3.67. The normalized spacial score (nSPS) is 11.2. The molecule has 2 N–H and O–H groups in total. The largest absolute Gasteiger partial charge is 0.491 e. The maximum atomic E-state index is 12.5. The van der Waals surface area contributed by atoms with Gasteiger partial charge in [0.15, 0.2) is 0 Å². The van der Waals surface area contributed by atoms with Crippen molar-refractivity contribution < 1.29 is 17.9 Å². The van der Waals surface area contributed by atoms with Gasteiger partial charge in [-0.05, 0) is 81.4 Å². The van der Waals surface area contributed by atoms with Crippen LogP contribution in [0.25, 0.3) is 0 Å². The Bertz CT molecular complexity index is 1110. The van der Waals surface area contributed by atoms with Gasteiger partial charge in [0.25, 0.3) is 15.9 Å². The standard InChI is InChI=1S/C23H24N2O4S/c1-16(2)29-21-12-6-18(7-13-21)23(26)24-19-8-10-20(11-9-19)25-30(27,28)22-14-4-17(3)5-15-22/h4-16,25H,1-3H3,(H,24,26). The van der Waals surface area contributed by atoms with E-state index in [9.17, 15) is 13.2 Å². The van der Waals surface area contributed by atoms with Crippen molar-refractivity contribution in [1.82, 2.24) is 0 Å². The maximum Gasteiger partial charge on any atom is 0.261 e. The van der Waals surface area contributed by atoms with Crippen LogP contribution in [-0.4, -0.2) is 20.4 Å². The third kappa shape index (κ3) is 5.61. The van der Waals surface area contributed by atoms with E-state index >= 15 is 0 Å². The number of hydrogen-bond donors (Lipinski definition) is 2. The van der Waals surface area contributed by atoms with Crippen molar-refractivity contribution in [3.63, 3.8) is 0 Å². The van der Waals surface area contributed by atoms with Gasteiger partial charge in [0.1, 0.15) is 5.75 Å². The molecule has 0 bridgehead atoms. The molecule has 3 aromatic carbocycles. The molecule has 156 valence electrons. The van der Waals surface area contributed by atoms with Crippen LogP contribution >= 0.6 is 0 Å². The number of hydrogen-bond acceptors (Lipinski definition) is 4. The zero-order valence-corrected chi connectivity index (χ0v) is 17.9. The van der Waals surface area contributed by atoms with Crippen LogP contribution in [0.4, 0.5) is 11.4 Å². The van der Waals surface area contributed by atoms with Crippen molar-refractivity contribution in [3.8, 4) is 5.75 Å². The molecule has 0 spiro atoms. The Hall–Kier alpha value is -3.32. The predicted molar refractivity (Wildman–Crippen MR) is 119 cm³/mol. The van der Waals surface area contributed by atoms with Gasteiger partial charge in [0.2, 0.25) is 0 Å². The number of benzene rings is 3. The first-order valence-electron chi connectivity index (χ1n) is 9.50. The van der Waals surface area contributed by atoms with E-state index in [1.165, 1.54) is 0 Å². The Kier molecular flexibility index (Phi) is 6.42. The minimum absolute atomic E-state index is 0.0617. The fourth-order valence-corrected chi connectivity index (χ4v) is 3.77. The zero-order chi connectivity index (χ0) is 21.7. The molecule has 0 unspecified atom stereocenters. The van der Waals surface area contributed by atoms with Crippen molar-refractivity contribution in [2.24, 2.45) is 0 Å². The first-order chi connectivity index (χ1) is 14.2. The van der Waals surface area contributed by atoms with Crippen LogP contribution in [0.15, 0.2) is 77.7 Å². The number of anilines is 2. The molecule has 30 heavy (non-hydrogen) atoms. The quantitative estimate of drug-likeness (QED) is 0.569. The van der Waals surface area contributed by atoms with Gasteiger partial charge in [0, 0.05) is 16.9 Å². The highest BCUT2D eigenvalue weighted by molar-refractivity contribution is 7.92. The van der Waals surface area contributed by atoms with Crippen molar-refractivity contribution in [1.29, 1.82) is 0 Å². The van der Waals surface area contributed by atoms with Gasteiger partial charge in [-0.25, -0.2) is 8.42 Å². The minimum atomic E-state index is -3.67. The van der Waals surface area contributed by atoms with E-state index in [0.29, 0.717) is 22.7 Å². The Morgan fingerprint density at radius 1 is 0.833 bits per heavy atom. The lowest BCUT2D eigenvalue weighted by atomic mass is 10.2. The summed E-state index contributed by atoms with van der Waals surface area (Å²) in [6.45, 7) is 5.76. The van der Waals surface area contributed by atoms with Crippen molar-refractivity contribution in [2.75, 3.05) is 10.0 Å². The number of amides is 1. The summed E-state index contributed by atoms with van der Waals surface area (Å²) in [5.74, 6) is 0.436. The summed E-state index contributed by atoms with van der Waals surface area (Å²) in [5.41, 5.74) is 2.44. The highest BCUT2D eigenvalue weighted by atomic mass is 32.2. The molecule has 1 amide bonds. The van der Waals surface area contributed by atoms with Crippen molar-refractivity contribution >= 4 is 27.3 Å². The van der Waals surface area contributed by atoms with E-state index in [0.717, 1.165) is 5.56 Å². The molecule has 0 aliphatic rings. The first-order valence-corrected chi connectivity index (χ1v) is 11.0. The van der Waals surface area contributed by atoms with Crippen LogP contribution in [0.3, 0.4) is 0 Å². The fraction of sp³-hybridized carbons (Fsp3) is 0.174. The smallest absolute Gasteiger partial charge is 0.261 e. The average molecular weight is 425 g/mol. The average Bonchev–Trinajstić information content (AvgIpc) is 2.69. The molecular formula is C23H24N2O4S. The van der Waals surface area contributed by atoms with Crippen molar-refractivity contribution in [3.05, 3.63) is 83.9 Å². The molecule has 0 aliphatic heterocycles. The molecular weight excluding hydrogens is 400 g/mol. The van der Waals surface area contributed by atoms with Crippen LogP contribution in [-0.2, 0) is 10.0 Å². The van der Waals surface area contributed by atoms with Gasteiger partial charge in [-0.1, -0.05) is 17.7 Å². The Balaban J connectivity index is 1.64. The molecule has 7 heteroatoms. The van der Waals surface area contributed by atoms with Crippen molar-refractivity contribution in [2.45, 2.75) is 31.8 Å². The lowest BCUT2D eigenvalue weighted by Crippen LogP contribution is -2.14. The molecule has 0 radical (unpaired) electrons. The number of carbonyl (C=O) groups is 1. The van der Waals surface area contributed by atoms with E-state index < -0.39 is 10.0 Å². The monoisotopic (exact) mass is 424 g/mol. The lowest BCUT2D eigenvalue weighted by molar-refractivity contribution is 0.102. The minimum Gasteiger partial charge on any atom is -0.491 e. The fourth-order valence-electron chi connectivity index (χ4n) is 2.71. The molecule has 0 saturated heterocycles. The van der Waals surface area contributed by atoms with Gasteiger partial charge < -0.3 is 10.1 Å². The summed E-state index contributed by atoms with van der Waals surface area (Å²) in [5, 5.41) is 2.79. The summed E-state index contributed by atoms with van der Waals surface area (Å²) in [6.07, 6.45) is 0.0617. The molecule has 0 fully saturated rings. The van der Waals surface area contributed by atoms with Gasteiger partial charge in [-0.3, -0.25) is 9.52 Å². The van der Waals surface area contributed by atoms with Crippen LogP contribution in [0.1, 0.15) is 29.8 Å². The number of carbonyl (C=O) groups excluding carboxylic acids is 1. The topological polar surface area (TPSA) is 84.5 Å². The van der Waals surface area contributed by atoms with E-state index in [1.54, 1.807) is 72.8 Å². The third-order valence-electron chi connectivity index (χ3n) is 4.21. The summed E-state index contributed by atoms with van der Waals surface area (Å²) >= 11 is 0.